The molecule has 0 bridgehead atoms. The minimum absolute atomic E-state index is 0.501. The molecular formula is C20H17ClN4S. The van der Waals surface area contributed by atoms with E-state index in [1.165, 1.54) is 5.56 Å². The summed E-state index contributed by atoms with van der Waals surface area (Å²) in [5.74, 6) is 0.501. The summed E-state index contributed by atoms with van der Waals surface area (Å²) in [5.41, 5.74) is 6.42. The lowest BCUT2D eigenvalue weighted by molar-refractivity contribution is 1.06. The lowest BCUT2D eigenvalue weighted by Gasteiger charge is -2.08. The third kappa shape index (κ3) is 3.49. The number of imidazole rings is 1. The van der Waals surface area contributed by atoms with Gasteiger partial charge >= 0.3 is 0 Å². The number of aryl methyl sites for hydroxylation is 1. The van der Waals surface area contributed by atoms with Crippen molar-refractivity contribution in [2.24, 2.45) is 0 Å². The lowest BCUT2D eigenvalue weighted by atomic mass is 10.1. The van der Waals surface area contributed by atoms with Crippen LogP contribution in [0, 0.1) is 6.92 Å². The van der Waals surface area contributed by atoms with Crippen molar-refractivity contribution in [1.29, 1.82) is 0 Å². The largest absolute Gasteiger partial charge is 0.331 e. The molecular weight excluding hydrogens is 364 g/mol. The molecule has 0 unspecified atom stereocenters. The second-order valence-electron chi connectivity index (χ2n) is 5.96. The zero-order chi connectivity index (χ0) is 17.9. The molecule has 0 aliphatic carbocycles. The maximum Gasteiger partial charge on any atom is 0.187 e. The SMILES string of the molecule is Cc1ccc(CCl)cc1Nc1nc(-c2ccc(-n3ccnc3)cc2)cs1. The third-order valence-corrected chi connectivity index (χ3v) is 5.23. The average Bonchev–Trinajstić information content (AvgIpc) is 3.36. The Kier molecular flexibility index (Phi) is 4.73. The summed E-state index contributed by atoms with van der Waals surface area (Å²) in [4.78, 5) is 8.80. The highest BCUT2D eigenvalue weighted by Gasteiger charge is 2.07. The van der Waals surface area contributed by atoms with E-state index in [0.29, 0.717) is 5.88 Å². The molecule has 26 heavy (non-hydrogen) atoms. The lowest BCUT2D eigenvalue weighted by Crippen LogP contribution is -1.94. The molecule has 0 saturated heterocycles. The summed E-state index contributed by atoms with van der Waals surface area (Å²) in [5, 5.41) is 6.34. The Balaban J connectivity index is 1.55. The Morgan fingerprint density at radius 1 is 1.15 bits per heavy atom. The topological polar surface area (TPSA) is 42.7 Å². The van der Waals surface area contributed by atoms with Gasteiger partial charge in [-0.2, -0.15) is 0 Å². The molecule has 0 aliphatic rings. The smallest absolute Gasteiger partial charge is 0.187 e. The molecule has 0 aliphatic heterocycles. The Bertz CT molecular complexity index is 1010. The fraction of sp³-hybridized carbons (Fsp3) is 0.100. The van der Waals surface area contributed by atoms with Crippen molar-refractivity contribution in [2.75, 3.05) is 5.32 Å². The Morgan fingerprint density at radius 3 is 2.73 bits per heavy atom. The first kappa shape index (κ1) is 16.8. The monoisotopic (exact) mass is 380 g/mol. The molecule has 4 nitrogen and oxygen atoms in total. The maximum atomic E-state index is 5.94. The van der Waals surface area contributed by atoms with Gasteiger partial charge in [0, 0.05) is 40.6 Å². The Hall–Kier alpha value is -2.63. The summed E-state index contributed by atoms with van der Waals surface area (Å²) < 4.78 is 1.98. The van der Waals surface area contributed by atoms with Crippen LogP contribution in [0.2, 0.25) is 0 Å². The summed E-state index contributed by atoms with van der Waals surface area (Å²) in [6, 6.07) is 14.5. The second kappa shape index (κ2) is 7.32. The van der Waals surface area contributed by atoms with E-state index in [4.69, 9.17) is 16.6 Å². The van der Waals surface area contributed by atoms with E-state index in [9.17, 15) is 0 Å². The van der Waals surface area contributed by atoms with Gasteiger partial charge in [-0.05, 0) is 36.2 Å². The number of alkyl halides is 1. The average molecular weight is 381 g/mol. The van der Waals surface area contributed by atoms with Crippen molar-refractivity contribution in [3.8, 4) is 16.9 Å². The van der Waals surface area contributed by atoms with Crippen molar-refractivity contribution in [2.45, 2.75) is 12.8 Å². The normalized spacial score (nSPS) is 10.8. The molecule has 0 spiro atoms. The summed E-state index contributed by atoms with van der Waals surface area (Å²) in [7, 11) is 0. The highest BCUT2D eigenvalue weighted by Crippen LogP contribution is 2.29. The summed E-state index contributed by atoms with van der Waals surface area (Å²) >= 11 is 7.53. The van der Waals surface area contributed by atoms with Gasteiger partial charge in [0.2, 0.25) is 0 Å². The van der Waals surface area contributed by atoms with E-state index in [-0.39, 0.29) is 0 Å². The first-order valence-electron chi connectivity index (χ1n) is 8.20. The maximum absolute atomic E-state index is 5.94. The first-order chi connectivity index (χ1) is 12.7. The number of nitrogens with zero attached hydrogens (tertiary/aromatic N) is 3. The molecule has 0 atom stereocenters. The molecule has 0 fully saturated rings. The molecule has 0 radical (unpaired) electrons. The first-order valence-corrected chi connectivity index (χ1v) is 9.61. The third-order valence-electron chi connectivity index (χ3n) is 4.17. The molecule has 0 saturated carbocycles. The van der Waals surface area contributed by atoms with E-state index in [1.54, 1.807) is 23.9 Å². The van der Waals surface area contributed by atoms with Gasteiger partial charge in [-0.15, -0.1) is 22.9 Å². The van der Waals surface area contributed by atoms with Crippen LogP contribution in [0.5, 0.6) is 0 Å². The zero-order valence-corrected chi connectivity index (χ0v) is 15.8. The molecule has 2 heterocycles. The van der Waals surface area contributed by atoms with E-state index in [1.807, 2.05) is 16.8 Å². The van der Waals surface area contributed by atoms with Gasteiger partial charge in [-0.3, -0.25) is 0 Å². The molecule has 2 aromatic heterocycles. The van der Waals surface area contributed by atoms with Crippen molar-refractivity contribution in [1.82, 2.24) is 14.5 Å². The van der Waals surface area contributed by atoms with Crippen molar-refractivity contribution in [3.05, 3.63) is 77.7 Å². The number of thiazole rings is 1. The quantitative estimate of drug-likeness (QED) is 0.446. The van der Waals surface area contributed by atoms with Crippen LogP contribution in [0.3, 0.4) is 0 Å². The van der Waals surface area contributed by atoms with Crippen LogP contribution < -0.4 is 5.32 Å². The number of hydrogen-bond donors (Lipinski definition) is 1. The molecule has 1 N–H and O–H groups in total. The molecule has 130 valence electrons. The van der Waals surface area contributed by atoms with E-state index in [2.05, 4.69) is 59.0 Å². The minimum Gasteiger partial charge on any atom is -0.331 e. The molecule has 4 rings (SSSR count). The number of halogens is 1. The number of nitrogens with one attached hydrogen (secondary N) is 1. The van der Waals surface area contributed by atoms with Gasteiger partial charge in [0.15, 0.2) is 5.13 Å². The van der Waals surface area contributed by atoms with Crippen LogP contribution in [-0.2, 0) is 5.88 Å². The zero-order valence-electron chi connectivity index (χ0n) is 14.2. The fourth-order valence-corrected chi connectivity index (χ4v) is 3.58. The Morgan fingerprint density at radius 2 is 2.00 bits per heavy atom. The standard InChI is InChI=1S/C20H17ClN4S/c1-14-2-3-15(11-21)10-18(14)23-20-24-19(12-26-20)16-4-6-17(7-5-16)25-9-8-22-13-25/h2-10,12-13H,11H2,1H3,(H,23,24). The van der Waals surface area contributed by atoms with Gasteiger partial charge < -0.3 is 9.88 Å². The van der Waals surface area contributed by atoms with Crippen molar-refractivity contribution >= 4 is 33.8 Å². The minimum atomic E-state index is 0.501. The van der Waals surface area contributed by atoms with E-state index in [0.717, 1.165) is 33.3 Å². The predicted molar refractivity (Wildman–Crippen MR) is 109 cm³/mol. The van der Waals surface area contributed by atoms with Gasteiger partial charge in [0.05, 0.1) is 12.0 Å². The predicted octanol–water partition coefficient (Wildman–Crippen LogP) is 5.79. The van der Waals surface area contributed by atoms with Crippen LogP contribution in [0.25, 0.3) is 16.9 Å². The number of anilines is 2. The molecule has 2 aromatic carbocycles. The van der Waals surface area contributed by atoms with Crippen molar-refractivity contribution in [3.63, 3.8) is 0 Å². The molecule has 4 aromatic rings. The van der Waals surface area contributed by atoms with Gasteiger partial charge in [-0.1, -0.05) is 24.3 Å². The van der Waals surface area contributed by atoms with Crippen LogP contribution in [0.4, 0.5) is 10.8 Å². The van der Waals surface area contributed by atoms with Gasteiger partial charge in [0.1, 0.15) is 0 Å². The molecule has 0 amide bonds. The number of hydrogen-bond acceptors (Lipinski definition) is 4. The Labute approximate surface area is 161 Å². The van der Waals surface area contributed by atoms with Crippen molar-refractivity contribution < 1.29 is 0 Å². The van der Waals surface area contributed by atoms with Crippen LogP contribution in [0.1, 0.15) is 11.1 Å². The fourth-order valence-electron chi connectivity index (χ4n) is 2.68. The number of aromatic nitrogens is 3. The highest BCUT2D eigenvalue weighted by atomic mass is 35.5. The number of benzene rings is 2. The second-order valence-corrected chi connectivity index (χ2v) is 7.09. The summed E-state index contributed by atoms with van der Waals surface area (Å²) in [6.45, 7) is 2.07. The van der Waals surface area contributed by atoms with Crippen LogP contribution in [0.15, 0.2) is 66.6 Å². The van der Waals surface area contributed by atoms with Gasteiger partial charge in [-0.25, -0.2) is 9.97 Å². The van der Waals surface area contributed by atoms with E-state index < -0.39 is 0 Å². The van der Waals surface area contributed by atoms with Crippen LogP contribution in [-0.4, -0.2) is 14.5 Å². The summed E-state index contributed by atoms with van der Waals surface area (Å²) in [6.07, 6.45) is 5.49. The van der Waals surface area contributed by atoms with E-state index >= 15 is 0 Å². The number of rotatable bonds is 5. The van der Waals surface area contributed by atoms with Crippen LogP contribution >= 0.6 is 22.9 Å². The highest BCUT2D eigenvalue weighted by molar-refractivity contribution is 7.14. The van der Waals surface area contributed by atoms with Gasteiger partial charge in [0.25, 0.3) is 0 Å². The molecule has 6 heteroatoms.